The lowest BCUT2D eigenvalue weighted by molar-refractivity contribution is -0.384. The minimum Gasteiger partial charge on any atom is -0.258 e. The predicted molar refractivity (Wildman–Crippen MR) is 76.6 cm³/mol. The molecule has 2 aromatic heterocycles. The summed E-state index contributed by atoms with van der Waals surface area (Å²) in [5, 5.41) is 11.9. The maximum absolute atomic E-state index is 10.8. The van der Waals surface area contributed by atoms with Crippen LogP contribution < -0.4 is 0 Å². The molecule has 0 unspecified atom stereocenters. The highest BCUT2D eigenvalue weighted by molar-refractivity contribution is 6.32. The molecular weight excluding hydrogens is 278 g/mol. The molecule has 0 saturated heterocycles. The molecule has 0 amide bonds. The first kappa shape index (κ1) is 12.5. The second-order valence-corrected chi connectivity index (χ2v) is 4.54. The highest BCUT2D eigenvalue weighted by Gasteiger charge is 2.11. The van der Waals surface area contributed by atoms with Crippen molar-refractivity contribution >= 4 is 28.3 Å². The van der Waals surface area contributed by atoms with Gasteiger partial charge >= 0.3 is 0 Å². The van der Waals surface area contributed by atoms with Crippen molar-refractivity contribution in [3.63, 3.8) is 0 Å². The zero-order valence-electron chi connectivity index (χ0n) is 10.2. The largest absolute Gasteiger partial charge is 0.270 e. The van der Waals surface area contributed by atoms with Gasteiger partial charge in [-0.1, -0.05) is 23.7 Å². The molecular formula is C14H8ClN3O2. The molecule has 5 nitrogen and oxygen atoms in total. The smallest absolute Gasteiger partial charge is 0.258 e. The van der Waals surface area contributed by atoms with Crippen molar-refractivity contribution in [1.29, 1.82) is 0 Å². The quantitative estimate of drug-likeness (QED) is 0.407. The number of fused-ring (bicyclic) bond motifs is 1. The second-order valence-electron chi connectivity index (χ2n) is 4.18. The fourth-order valence-electron chi connectivity index (χ4n) is 1.97. The fourth-order valence-corrected chi connectivity index (χ4v) is 2.22. The van der Waals surface area contributed by atoms with E-state index < -0.39 is 4.92 Å². The van der Waals surface area contributed by atoms with Crippen LogP contribution in [0, 0.1) is 10.1 Å². The Hall–Kier alpha value is -2.53. The van der Waals surface area contributed by atoms with Crippen molar-refractivity contribution in [2.45, 2.75) is 0 Å². The maximum Gasteiger partial charge on any atom is 0.270 e. The summed E-state index contributed by atoms with van der Waals surface area (Å²) < 4.78 is 0. The summed E-state index contributed by atoms with van der Waals surface area (Å²) in [6, 6.07) is 11.8. The molecule has 3 aromatic rings. The lowest BCUT2D eigenvalue weighted by Gasteiger charge is -2.05. The Kier molecular flexibility index (Phi) is 3.04. The van der Waals surface area contributed by atoms with Gasteiger partial charge in [0.05, 0.1) is 4.92 Å². The van der Waals surface area contributed by atoms with Gasteiger partial charge in [-0.15, -0.1) is 0 Å². The molecule has 20 heavy (non-hydrogen) atoms. The van der Waals surface area contributed by atoms with Gasteiger partial charge in [0.1, 0.15) is 5.15 Å². The molecule has 0 radical (unpaired) electrons. The van der Waals surface area contributed by atoms with Gasteiger partial charge in [0, 0.05) is 29.3 Å². The summed E-state index contributed by atoms with van der Waals surface area (Å²) >= 11 is 6.15. The third-order valence-corrected chi connectivity index (χ3v) is 3.20. The first-order valence-corrected chi connectivity index (χ1v) is 6.19. The molecule has 6 heteroatoms. The van der Waals surface area contributed by atoms with Crippen LogP contribution in [0.4, 0.5) is 5.69 Å². The first-order chi connectivity index (χ1) is 9.65. The van der Waals surface area contributed by atoms with Gasteiger partial charge < -0.3 is 0 Å². The molecule has 0 bridgehead atoms. The molecule has 0 atom stereocenters. The maximum atomic E-state index is 10.8. The highest BCUT2D eigenvalue weighted by atomic mass is 35.5. The van der Waals surface area contributed by atoms with Crippen LogP contribution in [0.15, 0.2) is 48.7 Å². The van der Waals surface area contributed by atoms with E-state index in [0.717, 1.165) is 5.39 Å². The van der Waals surface area contributed by atoms with Crippen LogP contribution in [0.25, 0.3) is 22.2 Å². The van der Waals surface area contributed by atoms with Gasteiger partial charge in [-0.2, -0.15) is 0 Å². The van der Waals surface area contributed by atoms with E-state index in [2.05, 4.69) is 9.97 Å². The zero-order chi connectivity index (χ0) is 14.1. The van der Waals surface area contributed by atoms with E-state index in [9.17, 15) is 10.1 Å². The molecule has 0 spiro atoms. The van der Waals surface area contributed by atoms with Crippen molar-refractivity contribution in [1.82, 2.24) is 9.97 Å². The summed E-state index contributed by atoms with van der Waals surface area (Å²) in [7, 11) is 0. The number of rotatable bonds is 2. The number of benzene rings is 1. The average Bonchev–Trinajstić information content (AvgIpc) is 2.46. The molecule has 0 N–H and O–H groups in total. The van der Waals surface area contributed by atoms with E-state index in [-0.39, 0.29) is 10.8 Å². The van der Waals surface area contributed by atoms with Gasteiger partial charge in [0.2, 0.25) is 0 Å². The van der Waals surface area contributed by atoms with Crippen LogP contribution in [0.5, 0.6) is 0 Å². The van der Waals surface area contributed by atoms with E-state index >= 15 is 0 Å². The van der Waals surface area contributed by atoms with E-state index in [4.69, 9.17) is 11.6 Å². The lowest BCUT2D eigenvalue weighted by atomic mass is 10.1. The molecule has 0 aliphatic heterocycles. The normalized spacial score (nSPS) is 10.7. The van der Waals surface area contributed by atoms with E-state index in [1.807, 2.05) is 12.1 Å². The Morgan fingerprint density at radius 2 is 2.00 bits per heavy atom. The summed E-state index contributed by atoms with van der Waals surface area (Å²) in [4.78, 5) is 18.7. The van der Waals surface area contributed by atoms with Crippen LogP contribution >= 0.6 is 11.6 Å². The number of nitro benzene ring substituents is 1. The molecule has 0 saturated carbocycles. The van der Waals surface area contributed by atoms with Crippen LogP contribution in [0.2, 0.25) is 5.15 Å². The zero-order valence-corrected chi connectivity index (χ0v) is 10.9. The van der Waals surface area contributed by atoms with Crippen molar-refractivity contribution in [2.75, 3.05) is 0 Å². The highest BCUT2D eigenvalue weighted by Crippen LogP contribution is 2.31. The lowest BCUT2D eigenvalue weighted by Crippen LogP contribution is -1.91. The third-order valence-electron chi connectivity index (χ3n) is 2.91. The average molecular weight is 286 g/mol. The van der Waals surface area contributed by atoms with Gasteiger partial charge in [-0.25, -0.2) is 9.97 Å². The minimum absolute atomic E-state index is 0.0184. The van der Waals surface area contributed by atoms with Crippen molar-refractivity contribution in [3.05, 3.63) is 63.9 Å². The Balaban J connectivity index is 2.21. The number of hydrogen-bond donors (Lipinski definition) is 0. The van der Waals surface area contributed by atoms with Gasteiger partial charge in [0.15, 0.2) is 5.65 Å². The van der Waals surface area contributed by atoms with E-state index in [1.165, 1.54) is 12.1 Å². The summed E-state index contributed by atoms with van der Waals surface area (Å²) in [5.41, 5.74) is 1.87. The summed E-state index contributed by atoms with van der Waals surface area (Å²) in [6.07, 6.45) is 1.64. The number of halogens is 1. The third kappa shape index (κ3) is 2.19. The molecule has 1 aromatic carbocycles. The molecule has 98 valence electrons. The van der Waals surface area contributed by atoms with Crippen LogP contribution in [0.1, 0.15) is 0 Å². The Bertz CT molecular complexity index is 820. The predicted octanol–water partition coefficient (Wildman–Crippen LogP) is 3.86. The van der Waals surface area contributed by atoms with Crippen LogP contribution in [0.3, 0.4) is 0 Å². The number of aromatic nitrogens is 2. The fraction of sp³-hybridized carbons (Fsp3) is 0. The molecule has 0 aliphatic rings. The second kappa shape index (κ2) is 4.86. The Morgan fingerprint density at radius 3 is 2.80 bits per heavy atom. The van der Waals surface area contributed by atoms with E-state index in [1.54, 1.807) is 24.4 Å². The summed E-state index contributed by atoms with van der Waals surface area (Å²) in [5.74, 6) is 0. The monoisotopic (exact) mass is 285 g/mol. The molecule has 0 fully saturated rings. The number of nitrogens with zero attached hydrogens (tertiary/aromatic N) is 3. The topological polar surface area (TPSA) is 68.9 Å². The van der Waals surface area contributed by atoms with Crippen molar-refractivity contribution in [3.8, 4) is 11.1 Å². The van der Waals surface area contributed by atoms with Crippen LogP contribution in [-0.4, -0.2) is 14.9 Å². The summed E-state index contributed by atoms with van der Waals surface area (Å²) in [6.45, 7) is 0. The van der Waals surface area contributed by atoms with Gasteiger partial charge in [-0.05, 0) is 23.8 Å². The molecule has 2 heterocycles. The first-order valence-electron chi connectivity index (χ1n) is 5.81. The van der Waals surface area contributed by atoms with Crippen molar-refractivity contribution in [2.24, 2.45) is 0 Å². The number of nitro groups is 1. The number of pyridine rings is 2. The Morgan fingerprint density at radius 1 is 1.15 bits per heavy atom. The standard InChI is InChI=1S/C14H8ClN3O2/c15-13-12(8-10-4-2-6-16-14(10)17-13)9-3-1-5-11(7-9)18(19)20/h1-8H. The van der Waals surface area contributed by atoms with Gasteiger partial charge in [-0.3, -0.25) is 10.1 Å². The van der Waals surface area contributed by atoms with Gasteiger partial charge in [0.25, 0.3) is 5.69 Å². The SMILES string of the molecule is O=[N+]([O-])c1cccc(-c2cc3cccnc3nc2Cl)c1. The number of non-ortho nitro benzene ring substituents is 1. The molecule has 0 aliphatic carbocycles. The minimum atomic E-state index is -0.437. The van der Waals surface area contributed by atoms with Crippen molar-refractivity contribution < 1.29 is 4.92 Å². The number of hydrogen-bond acceptors (Lipinski definition) is 4. The Labute approximate surface area is 119 Å². The van der Waals surface area contributed by atoms with Crippen LogP contribution in [-0.2, 0) is 0 Å². The van der Waals surface area contributed by atoms with E-state index in [0.29, 0.717) is 16.8 Å². The molecule has 3 rings (SSSR count).